The van der Waals surface area contributed by atoms with Gasteiger partial charge in [-0.2, -0.15) is 5.26 Å². The molecule has 3 rings (SSSR count). The van der Waals surface area contributed by atoms with Crippen LogP contribution in [0.4, 0.5) is 0 Å². The van der Waals surface area contributed by atoms with Crippen LogP contribution in [0, 0.1) is 18.3 Å². The second-order valence-corrected chi connectivity index (χ2v) is 6.10. The molecule has 0 aliphatic carbocycles. The Morgan fingerprint density at radius 1 is 1.40 bits per heavy atom. The first-order valence-electron chi connectivity index (χ1n) is 8.17. The Hall–Kier alpha value is -2.91. The Kier molecular flexibility index (Phi) is 4.96. The molecule has 0 bridgehead atoms. The molecule has 6 nitrogen and oxygen atoms in total. The largest absolute Gasteiger partial charge is 0.374 e. The van der Waals surface area contributed by atoms with Gasteiger partial charge in [0.25, 0.3) is 11.5 Å². The molecule has 0 unspecified atom stereocenters. The topological polar surface area (TPSA) is 86.2 Å². The summed E-state index contributed by atoms with van der Waals surface area (Å²) in [5.74, 6) is -0.188. The van der Waals surface area contributed by atoms with Crippen molar-refractivity contribution in [3.05, 3.63) is 69.1 Å². The third-order valence-electron chi connectivity index (χ3n) is 4.32. The number of amides is 1. The van der Waals surface area contributed by atoms with Gasteiger partial charge in [-0.3, -0.25) is 9.59 Å². The minimum Gasteiger partial charge on any atom is -0.374 e. The third-order valence-corrected chi connectivity index (χ3v) is 4.32. The van der Waals surface area contributed by atoms with E-state index in [1.54, 1.807) is 11.8 Å². The number of hydrogen-bond acceptors (Lipinski definition) is 4. The van der Waals surface area contributed by atoms with E-state index in [-0.39, 0.29) is 17.6 Å². The Bertz CT molecular complexity index is 868. The summed E-state index contributed by atoms with van der Waals surface area (Å²) in [5.41, 5.74) is 1.47. The number of aromatic nitrogens is 1. The number of aryl methyl sites for hydroxylation is 1. The summed E-state index contributed by atoms with van der Waals surface area (Å²) in [4.78, 5) is 28.8. The number of benzene rings is 1. The number of nitrogens with zero attached hydrogens (tertiary/aromatic N) is 2. The molecule has 1 amide bonds. The van der Waals surface area contributed by atoms with Crippen LogP contribution in [0.5, 0.6) is 0 Å². The van der Waals surface area contributed by atoms with Crippen molar-refractivity contribution in [3.8, 4) is 6.07 Å². The molecule has 2 heterocycles. The number of carbonyl (C=O) groups is 1. The van der Waals surface area contributed by atoms with Crippen LogP contribution in [0.15, 0.2) is 41.2 Å². The number of nitrogens with one attached hydrogen (secondary N) is 1. The molecule has 1 fully saturated rings. The Labute approximate surface area is 145 Å². The molecule has 1 aliphatic heterocycles. The average Bonchev–Trinajstić information content (AvgIpc) is 2.62. The fourth-order valence-corrected chi connectivity index (χ4v) is 3.00. The number of hydrogen-bond donors (Lipinski definition) is 1. The van der Waals surface area contributed by atoms with Crippen molar-refractivity contribution in [2.45, 2.75) is 19.4 Å². The van der Waals surface area contributed by atoms with Crippen LogP contribution >= 0.6 is 0 Å². The lowest BCUT2D eigenvalue weighted by Gasteiger charge is -2.33. The van der Waals surface area contributed by atoms with E-state index in [9.17, 15) is 9.59 Å². The number of H-pyrrole nitrogens is 1. The summed E-state index contributed by atoms with van der Waals surface area (Å²) in [7, 11) is 0. The van der Waals surface area contributed by atoms with E-state index < -0.39 is 5.56 Å². The predicted octanol–water partition coefficient (Wildman–Crippen LogP) is 1.64. The molecular formula is C19H19N3O3. The van der Waals surface area contributed by atoms with Gasteiger partial charge < -0.3 is 14.6 Å². The summed E-state index contributed by atoms with van der Waals surface area (Å²) < 4.78 is 5.79. The minimum atomic E-state index is -0.472. The van der Waals surface area contributed by atoms with Gasteiger partial charge in [-0.05, 0) is 18.6 Å². The highest BCUT2D eigenvalue weighted by Crippen LogP contribution is 2.16. The number of carbonyl (C=O) groups excluding carboxylic acids is 1. The summed E-state index contributed by atoms with van der Waals surface area (Å²) in [6.07, 6.45) is 0.664. The van der Waals surface area contributed by atoms with Crippen LogP contribution in [-0.4, -0.2) is 41.6 Å². The number of nitriles is 1. The van der Waals surface area contributed by atoms with E-state index in [1.807, 2.05) is 36.4 Å². The van der Waals surface area contributed by atoms with Crippen molar-refractivity contribution in [2.24, 2.45) is 0 Å². The van der Waals surface area contributed by atoms with Crippen LogP contribution in [0.1, 0.15) is 27.2 Å². The highest BCUT2D eigenvalue weighted by Gasteiger charge is 2.26. The van der Waals surface area contributed by atoms with Gasteiger partial charge in [-0.25, -0.2) is 0 Å². The standard InChI is InChI=1S/C19H19N3O3/c1-13-17(10-15(11-20)18(23)21-13)19(24)22-7-8-25-16(12-22)9-14-5-3-2-4-6-14/h2-6,10,16H,7-9,12H2,1H3,(H,21,23)/t16-/m1/s1. The zero-order valence-corrected chi connectivity index (χ0v) is 14.0. The molecule has 6 heteroatoms. The number of aromatic amines is 1. The second-order valence-electron chi connectivity index (χ2n) is 6.10. The normalized spacial score (nSPS) is 17.1. The van der Waals surface area contributed by atoms with Gasteiger partial charge in [-0.15, -0.1) is 0 Å². The van der Waals surface area contributed by atoms with Crippen molar-refractivity contribution in [3.63, 3.8) is 0 Å². The van der Waals surface area contributed by atoms with Gasteiger partial charge in [0.1, 0.15) is 11.6 Å². The second kappa shape index (κ2) is 7.32. The molecule has 0 spiro atoms. The maximum Gasteiger partial charge on any atom is 0.266 e. The van der Waals surface area contributed by atoms with Gasteiger partial charge in [0.2, 0.25) is 0 Å². The minimum absolute atomic E-state index is 0.0527. The van der Waals surface area contributed by atoms with Crippen LogP contribution < -0.4 is 5.56 Å². The van der Waals surface area contributed by atoms with Crippen molar-refractivity contribution < 1.29 is 9.53 Å². The zero-order valence-electron chi connectivity index (χ0n) is 14.0. The van der Waals surface area contributed by atoms with Gasteiger partial charge in [0.15, 0.2) is 0 Å². The Morgan fingerprint density at radius 3 is 2.88 bits per heavy atom. The van der Waals surface area contributed by atoms with Gasteiger partial charge >= 0.3 is 0 Å². The monoisotopic (exact) mass is 337 g/mol. The van der Waals surface area contributed by atoms with Crippen molar-refractivity contribution in [1.82, 2.24) is 9.88 Å². The van der Waals surface area contributed by atoms with Crippen LogP contribution in [0.3, 0.4) is 0 Å². The molecule has 2 aromatic rings. The van der Waals surface area contributed by atoms with Crippen molar-refractivity contribution in [2.75, 3.05) is 19.7 Å². The SMILES string of the molecule is Cc1[nH]c(=O)c(C#N)cc1C(=O)N1CCO[C@H](Cc2ccccc2)C1. The lowest BCUT2D eigenvalue weighted by Crippen LogP contribution is -2.46. The summed E-state index contributed by atoms with van der Waals surface area (Å²) in [6.45, 7) is 3.10. The number of pyridine rings is 1. The molecule has 1 aromatic heterocycles. The highest BCUT2D eigenvalue weighted by molar-refractivity contribution is 5.95. The molecule has 1 N–H and O–H groups in total. The molecule has 128 valence electrons. The lowest BCUT2D eigenvalue weighted by atomic mass is 10.1. The summed E-state index contributed by atoms with van der Waals surface area (Å²) >= 11 is 0. The fourth-order valence-electron chi connectivity index (χ4n) is 3.00. The number of ether oxygens (including phenoxy) is 1. The summed E-state index contributed by atoms with van der Waals surface area (Å²) in [6, 6.07) is 13.2. The molecule has 1 aliphatic rings. The first kappa shape index (κ1) is 16.9. The van der Waals surface area contributed by atoms with E-state index in [0.29, 0.717) is 31.0 Å². The first-order valence-corrected chi connectivity index (χ1v) is 8.17. The smallest absolute Gasteiger partial charge is 0.266 e. The van der Waals surface area contributed by atoms with Crippen LogP contribution in [0.25, 0.3) is 0 Å². The average molecular weight is 337 g/mol. The molecule has 1 aromatic carbocycles. The van der Waals surface area contributed by atoms with Crippen LogP contribution in [0.2, 0.25) is 0 Å². The molecule has 0 radical (unpaired) electrons. The third kappa shape index (κ3) is 3.78. The molecule has 1 atom stereocenters. The van der Waals surface area contributed by atoms with Crippen molar-refractivity contribution >= 4 is 5.91 Å². The first-order chi connectivity index (χ1) is 12.1. The number of morpholine rings is 1. The maximum atomic E-state index is 12.8. The van der Waals surface area contributed by atoms with E-state index in [0.717, 1.165) is 12.0 Å². The van der Waals surface area contributed by atoms with Gasteiger partial charge in [0.05, 0.1) is 18.3 Å². The van der Waals surface area contributed by atoms with Gasteiger partial charge in [0, 0.05) is 25.2 Å². The summed E-state index contributed by atoms with van der Waals surface area (Å²) in [5, 5.41) is 9.02. The Morgan fingerprint density at radius 2 is 2.16 bits per heavy atom. The molecule has 1 saturated heterocycles. The van der Waals surface area contributed by atoms with E-state index in [2.05, 4.69) is 4.98 Å². The van der Waals surface area contributed by atoms with Gasteiger partial charge in [-0.1, -0.05) is 30.3 Å². The Balaban J connectivity index is 1.76. The fraction of sp³-hybridized carbons (Fsp3) is 0.316. The predicted molar refractivity (Wildman–Crippen MR) is 92.3 cm³/mol. The van der Waals surface area contributed by atoms with E-state index in [4.69, 9.17) is 10.00 Å². The van der Waals surface area contributed by atoms with Crippen molar-refractivity contribution in [1.29, 1.82) is 5.26 Å². The van der Waals surface area contributed by atoms with E-state index in [1.165, 1.54) is 6.07 Å². The quantitative estimate of drug-likeness (QED) is 0.922. The molecule has 25 heavy (non-hydrogen) atoms. The highest BCUT2D eigenvalue weighted by atomic mass is 16.5. The zero-order chi connectivity index (χ0) is 17.8. The lowest BCUT2D eigenvalue weighted by molar-refractivity contribution is -0.0208. The van der Waals surface area contributed by atoms with Crippen LogP contribution in [-0.2, 0) is 11.2 Å². The maximum absolute atomic E-state index is 12.8. The van der Waals surface area contributed by atoms with E-state index >= 15 is 0 Å². The molecule has 0 saturated carbocycles. The number of rotatable bonds is 3. The molecular weight excluding hydrogens is 318 g/mol.